The minimum atomic E-state index is -3.55. The van der Waals surface area contributed by atoms with Gasteiger partial charge in [0, 0.05) is 25.7 Å². The normalized spacial score (nSPS) is 16.9. The van der Waals surface area contributed by atoms with Crippen molar-refractivity contribution in [3.8, 4) is 0 Å². The van der Waals surface area contributed by atoms with E-state index < -0.39 is 21.7 Å². The van der Waals surface area contributed by atoms with Gasteiger partial charge in [-0.15, -0.1) is 0 Å². The Bertz CT molecular complexity index is 351. The molecule has 6 nitrogen and oxygen atoms in total. The van der Waals surface area contributed by atoms with Gasteiger partial charge >= 0.3 is 5.97 Å². The summed E-state index contributed by atoms with van der Waals surface area (Å²) in [6.45, 7) is 5.54. The van der Waals surface area contributed by atoms with Crippen molar-refractivity contribution in [3.63, 3.8) is 0 Å². The van der Waals surface area contributed by atoms with Gasteiger partial charge in [-0.3, -0.25) is 4.79 Å². The summed E-state index contributed by atoms with van der Waals surface area (Å²) in [4.78, 5) is 11.3. The second-order valence-electron chi connectivity index (χ2n) is 3.98. The summed E-state index contributed by atoms with van der Waals surface area (Å²) in [6, 6.07) is -0.0191. The first kappa shape index (κ1) is 14.4. The molecule has 1 N–H and O–H groups in total. The fourth-order valence-electron chi connectivity index (χ4n) is 1.68. The van der Waals surface area contributed by atoms with E-state index in [1.165, 1.54) is 4.31 Å². The molecule has 1 saturated heterocycles. The molecular weight excluding hydrogens is 244 g/mol. The van der Waals surface area contributed by atoms with Gasteiger partial charge in [-0.05, 0) is 13.3 Å². The van der Waals surface area contributed by atoms with E-state index in [-0.39, 0.29) is 12.6 Å². The summed E-state index contributed by atoms with van der Waals surface area (Å²) >= 11 is 0. The highest BCUT2D eigenvalue weighted by molar-refractivity contribution is 7.89. The van der Waals surface area contributed by atoms with Crippen LogP contribution in [0.5, 0.6) is 0 Å². The fourth-order valence-corrected chi connectivity index (χ4v) is 3.29. The molecule has 0 bridgehead atoms. The quantitative estimate of drug-likeness (QED) is 0.631. The van der Waals surface area contributed by atoms with Crippen molar-refractivity contribution in [2.45, 2.75) is 26.3 Å². The molecule has 0 saturated carbocycles. The first-order chi connectivity index (χ1) is 8.01. The summed E-state index contributed by atoms with van der Waals surface area (Å²) < 4.78 is 30.2. The largest absolute Gasteiger partial charge is 0.465 e. The lowest BCUT2D eigenvalue weighted by Gasteiger charge is -2.36. The van der Waals surface area contributed by atoms with Crippen LogP contribution < -0.4 is 5.32 Å². The fraction of sp³-hybridized carbons (Fsp3) is 0.900. The van der Waals surface area contributed by atoms with Crippen molar-refractivity contribution >= 4 is 16.0 Å². The van der Waals surface area contributed by atoms with Gasteiger partial charge in [0.05, 0.1) is 6.61 Å². The van der Waals surface area contributed by atoms with Crippen molar-refractivity contribution in [2.75, 3.05) is 32.0 Å². The highest BCUT2D eigenvalue weighted by atomic mass is 32.2. The number of rotatable bonds is 7. The molecule has 0 aliphatic carbocycles. The predicted molar refractivity (Wildman–Crippen MR) is 64.1 cm³/mol. The third-order valence-electron chi connectivity index (χ3n) is 2.57. The topological polar surface area (TPSA) is 75.7 Å². The van der Waals surface area contributed by atoms with E-state index in [1.54, 1.807) is 6.92 Å². The van der Waals surface area contributed by atoms with Crippen molar-refractivity contribution < 1.29 is 17.9 Å². The Labute approximate surface area is 102 Å². The average Bonchev–Trinajstić information content (AvgIpc) is 2.13. The molecule has 0 spiro atoms. The van der Waals surface area contributed by atoms with Gasteiger partial charge in [0.2, 0.25) is 10.0 Å². The van der Waals surface area contributed by atoms with Crippen LogP contribution in [0.2, 0.25) is 0 Å². The zero-order valence-corrected chi connectivity index (χ0v) is 11.1. The number of carbonyl (C=O) groups excluding carboxylic acids is 1. The van der Waals surface area contributed by atoms with Crippen molar-refractivity contribution in [2.24, 2.45) is 0 Å². The maximum absolute atomic E-state index is 12.0. The number of nitrogens with zero attached hydrogens (tertiary/aromatic N) is 1. The molecule has 0 aromatic heterocycles. The van der Waals surface area contributed by atoms with Crippen LogP contribution in [0, 0.1) is 0 Å². The van der Waals surface area contributed by atoms with Gasteiger partial charge in [-0.2, -0.15) is 4.31 Å². The lowest BCUT2D eigenvalue weighted by Crippen LogP contribution is -2.59. The van der Waals surface area contributed by atoms with Crippen LogP contribution in [0.3, 0.4) is 0 Å². The van der Waals surface area contributed by atoms with Gasteiger partial charge in [-0.25, -0.2) is 8.42 Å². The van der Waals surface area contributed by atoms with E-state index in [0.717, 1.165) is 6.42 Å². The van der Waals surface area contributed by atoms with E-state index in [9.17, 15) is 13.2 Å². The minimum Gasteiger partial charge on any atom is -0.465 e. The molecule has 7 heteroatoms. The number of carbonyl (C=O) groups is 1. The number of esters is 1. The molecule has 17 heavy (non-hydrogen) atoms. The molecular formula is C10H20N2O4S. The SMILES string of the molecule is CCCN(C1CNC1)S(=O)(=O)CC(=O)OCC. The molecule has 1 aliphatic heterocycles. The molecule has 1 heterocycles. The molecule has 0 amide bonds. The summed E-state index contributed by atoms with van der Waals surface area (Å²) in [7, 11) is -3.55. The lowest BCUT2D eigenvalue weighted by molar-refractivity contribution is -0.140. The first-order valence-corrected chi connectivity index (χ1v) is 7.48. The maximum Gasteiger partial charge on any atom is 0.322 e. The Morgan fingerprint density at radius 3 is 2.47 bits per heavy atom. The zero-order valence-electron chi connectivity index (χ0n) is 10.3. The Morgan fingerprint density at radius 1 is 1.41 bits per heavy atom. The lowest BCUT2D eigenvalue weighted by atomic mass is 10.2. The van der Waals surface area contributed by atoms with E-state index in [2.05, 4.69) is 10.1 Å². The smallest absolute Gasteiger partial charge is 0.322 e. The summed E-state index contributed by atoms with van der Waals surface area (Å²) in [5, 5.41) is 3.03. The number of hydrogen-bond donors (Lipinski definition) is 1. The van der Waals surface area contributed by atoms with Crippen LogP contribution in [0.1, 0.15) is 20.3 Å². The second-order valence-corrected chi connectivity index (χ2v) is 5.91. The van der Waals surface area contributed by atoms with Gasteiger partial charge in [0.15, 0.2) is 5.75 Å². The Kier molecular flexibility index (Phi) is 5.35. The van der Waals surface area contributed by atoms with Crippen molar-refractivity contribution in [3.05, 3.63) is 0 Å². The predicted octanol–water partition coefficient (Wildman–Crippen LogP) is -0.437. The molecule has 100 valence electrons. The number of nitrogens with one attached hydrogen (secondary N) is 1. The zero-order chi connectivity index (χ0) is 12.9. The number of sulfonamides is 1. The molecule has 0 atom stereocenters. The third-order valence-corrected chi connectivity index (χ3v) is 4.37. The van der Waals surface area contributed by atoms with Gasteiger partial charge in [-0.1, -0.05) is 6.92 Å². The second kappa shape index (κ2) is 6.32. The van der Waals surface area contributed by atoms with Gasteiger partial charge < -0.3 is 10.1 Å². The summed E-state index contributed by atoms with van der Waals surface area (Å²) in [5.41, 5.74) is 0. The molecule has 0 aromatic rings. The number of ether oxygens (including phenoxy) is 1. The Morgan fingerprint density at radius 2 is 2.06 bits per heavy atom. The molecule has 0 unspecified atom stereocenters. The van der Waals surface area contributed by atoms with Gasteiger partial charge in [0.25, 0.3) is 0 Å². The maximum atomic E-state index is 12.0. The molecule has 1 fully saturated rings. The van der Waals surface area contributed by atoms with E-state index >= 15 is 0 Å². The Hall–Kier alpha value is -0.660. The molecule has 1 aliphatic rings. The molecule has 0 radical (unpaired) electrons. The van der Waals surface area contributed by atoms with Crippen LogP contribution in [-0.2, 0) is 19.6 Å². The highest BCUT2D eigenvalue weighted by Gasteiger charge is 2.34. The summed E-state index contributed by atoms with van der Waals surface area (Å²) in [5.74, 6) is -1.24. The van der Waals surface area contributed by atoms with Crippen LogP contribution in [0.25, 0.3) is 0 Å². The van der Waals surface area contributed by atoms with Crippen molar-refractivity contribution in [1.29, 1.82) is 0 Å². The molecule has 0 aromatic carbocycles. The van der Waals surface area contributed by atoms with Crippen LogP contribution in [0.4, 0.5) is 0 Å². The third kappa shape index (κ3) is 3.93. The minimum absolute atomic E-state index is 0.0191. The van der Waals surface area contributed by atoms with Crippen LogP contribution >= 0.6 is 0 Å². The van der Waals surface area contributed by atoms with Gasteiger partial charge in [0.1, 0.15) is 0 Å². The summed E-state index contributed by atoms with van der Waals surface area (Å²) in [6.07, 6.45) is 0.735. The molecule has 1 rings (SSSR count). The first-order valence-electron chi connectivity index (χ1n) is 5.87. The number of hydrogen-bond acceptors (Lipinski definition) is 5. The van der Waals surface area contributed by atoms with E-state index in [4.69, 9.17) is 0 Å². The Balaban J connectivity index is 2.66. The van der Waals surface area contributed by atoms with Crippen LogP contribution in [-0.4, -0.2) is 56.7 Å². The van der Waals surface area contributed by atoms with Crippen molar-refractivity contribution in [1.82, 2.24) is 9.62 Å². The van der Waals surface area contributed by atoms with E-state index in [0.29, 0.717) is 19.6 Å². The average molecular weight is 264 g/mol. The van der Waals surface area contributed by atoms with E-state index in [1.807, 2.05) is 6.92 Å². The highest BCUT2D eigenvalue weighted by Crippen LogP contribution is 2.12. The monoisotopic (exact) mass is 264 g/mol. The van der Waals surface area contributed by atoms with Crippen LogP contribution in [0.15, 0.2) is 0 Å². The standard InChI is InChI=1S/C10H20N2O4S/c1-3-5-12(9-6-11-7-9)17(14,15)8-10(13)16-4-2/h9,11H,3-8H2,1-2H3.